The molecule has 10 heteroatoms. The number of nitriles is 1. The number of benzene rings is 1. The number of hydrogen-bond donors (Lipinski definition) is 1. The normalized spacial score (nSPS) is 9.19. The largest absolute Gasteiger partial charge is 0.314 e. The molecule has 0 aliphatic carbocycles. The molecule has 1 rings (SSSR count). The van der Waals surface area contributed by atoms with Gasteiger partial charge in [-0.15, -0.1) is 23.2 Å². The lowest BCUT2D eigenvalue weighted by Crippen LogP contribution is -2.18. The van der Waals surface area contributed by atoms with Gasteiger partial charge in [-0.1, -0.05) is 0 Å². The van der Waals surface area contributed by atoms with Crippen molar-refractivity contribution in [3.8, 4) is 6.07 Å². The Labute approximate surface area is 130 Å². The van der Waals surface area contributed by atoms with Gasteiger partial charge < -0.3 is 5.32 Å². The van der Waals surface area contributed by atoms with Crippen molar-refractivity contribution < 1.29 is 9.85 Å². The molecule has 0 aliphatic rings. The predicted octanol–water partition coefficient (Wildman–Crippen LogP) is 2.43. The number of nitrogens with zero attached hydrogens (tertiary/aromatic N) is 3. The Morgan fingerprint density at radius 3 is 2.10 bits per heavy atom. The number of nitrogens with one attached hydrogen (secondary N) is 1. The zero-order chi connectivity index (χ0) is 16.3. The van der Waals surface area contributed by atoms with Gasteiger partial charge >= 0.3 is 0 Å². The van der Waals surface area contributed by atoms with Gasteiger partial charge in [-0.3, -0.25) is 20.2 Å². The third-order valence-corrected chi connectivity index (χ3v) is 2.43. The van der Waals surface area contributed by atoms with Crippen molar-refractivity contribution in [3.63, 3.8) is 0 Å². The van der Waals surface area contributed by atoms with Crippen LogP contribution in [0.2, 0.25) is 0 Å². The minimum Gasteiger partial charge on any atom is -0.314 e. The molecule has 0 unspecified atom stereocenters. The van der Waals surface area contributed by atoms with Crippen LogP contribution in [-0.4, -0.2) is 34.7 Å². The molecule has 21 heavy (non-hydrogen) atoms. The van der Waals surface area contributed by atoms with Gasteiger partial charge in [-0.25, -0.2) is 0 Å². The zero-order valence-electron chi connectivity index (χ0n) is 10.8. The molecule has 0 spiro atoms. The molecule has 0 amide bonds. The molecule has 0 radical (unpaired) electrons. The van der Waals surface area contributed by atoms with Crippen molar-refractivity contribution in [3.05, 3.63) is 44.0 Å². The third kappa shape index (κ3) is 7.41. The van der Waals surface area contributed by atoms with E-state index in [4.69, 9.17) is 28.5 Å². The summed E-state index contributed by atoms with van der Waals surface area (Å²) in [5.74, 6) is 1.33. The minimum absolute atomic E-state index is 0.194. The fourth-order valence-electron chi connectivity index (χ4n) is 1.14. The fraction of sp³-hybridized carbons (Fsp3) is 0.364. The highest BCUT2D eigenvalue weighted by molar-refractivity contribution is 6.18. The van der Waals surface area contributed by atoms with E-state index >= 15 is 0 Å². The van der Waals surface area contributed by atoms with E-state index < -0.39 is 21.2 Å². The van der Waals surface area contributed by atoms with E-state index in [0.29, 0.717) is 11.8 Å². The first-order chi connectivity index (χ1) is 9.97. The zero-order valence-corrected chi connectivity index (χ0v) is 12.3. The number of hydrogen-bond acceptors (Lipinski definition) is 6. The lowest BCUT2D eigenvalue weighted by Gasteiger charge is -1.94. The van der Waals surface area contributed by atoms with E-state index in [1.807, 2.05) is 0 Å². The molecule has 1 aromatic rings. The highest BCUT2D eigenvalue weighted by atomic mass is 35.5. The summed E-state index contributed by atoms with van der Waals surface area (Å²) in [4.78, 5) is 19.1. The fourth-order valence-corrected chi connectivity index (χ4v) is 1.41. The van der Waals surface area contributed by atoms with E-state index in [1.54, 1.807) is 6.07 Å². The van der Waals surface area contributed by atoms with Crippen molar-refractivity contribution in [1.82, 2.24) is 5.32 Å². The van der Waals surface area contributed by atoms with Gasteiger partial charge in [-0.2, -0.15) is 5.26 Å². The molecule has 0 saturated heterocycles. The van der Waals surface area contributed by atoms with E-state index in [9.17, 15) is 20.2 Å². The molecule has 0 atom stereocenters. The van der Waals surface area contributed by atoms with Gasteiger partial charge in [0.2, 0.25) is 0 Å². The third-order valence-electron chi connectivity index (χ3n) is 2.05. The van der Waals surface area contributed by atoms with Gasteiger partial charge in [0.1, 0.15) is 11.6 Å². The van der Waals surface area contributed by atoms with Crippen molar-refractivity contribution in [2.24, 2.45) is 0 Å². The van der Waals surface area contributed by atoms with Crippen LogP contribution >= 0.6 is 23.2 Å². The Balaban J connectivity index is 0.000000486. The number of halogens is 2. The molecular formula is C11H12Cl2N4O4. The van der Waals surface area contributed by atoms with Gasteiger partial charge in [0.05, 0.1) is 15.9 Å². The molecule has 0 heterocycles. The van der Waals surface area contributed by atoms with Crippen LogP contribution in [0.1, 0.15) is 5.56 Å². The quantitative estimate of drug-likeness (QED) is 0.369. The summed E-state index contributed by atoms with van der Waals surface area (Å²) < 4.78 is 0. The summed E-state index contributed by atoms with van der Waals surface area (Å²) in [6.45, 7) is 1.71. The molecular weight excluding hydrogens is 323 g/mol. The molecule has 1 aromatic carbocycles. The highest BCUT2D eigenvalue weighted by Gasteiger charge is 2.18. The van der Waals surface area contributed by atoms with E-state index in [0.717, 1.165) is 31.3 Å². The van der Waals surface area contributed by atoms with Crippen LogP contribution in [-0.2, 0) is 0 Å². The number of alkyl halides is 2. The van der Waals surface area contributed by atoms with Crippen molar-refractivity contribution in [2.75, 3.05) is 24.8 Å². The lowest BCUT2D eigenvalue weighted by molar-refractivity contribution is -0.394. The van der Waals surface area contributed by atoms with Crippen LogP contribution in [0.25, 0.3) is 0 Å². The number of nitro groups is 2. The topological polar surface area (TPSA) is 122 Å². The molecule has 8 nitrogen and oxygen atoms in total. The molecule has 0 aromatic heterocycles. The SMILES string of the molecule is ClCCNCCCl.N#Cc1ccc([N+](=O)[O-])cc1[N+](=O)[O-]. The molecule has 0 fully saturated rings. The minimum atomic E-state index is -0.828. The Morgan fingerprint density at radius 1 is 1.14 bits per heavy atom. The Hall–Kier alpha value is -1.95. The predicted molar refractivity (Wildman–Crippen MR) is 78.8 cm³/mol. The molecule has 1 N–H and O–H groups in total. The number of non-ortho nitro benzene ring substituents is 1. The van der Waals surface area contributed by atoms with Crippen LogP contribution < -0.4 is 5.32 Å². The van der Waals surface area contributed by atoms with Crippen LogP contribution in [0, 0.1) is 31.6 Å². The first-order valence-electron chi connectivity index (χ1n) is 5.63. The average Bonchev–Trinajstić information content (AvgIpc) is 2.47. The summed E-state index contributed by atoms with van der Waals surface area (Å²) in [5, 5.41) is 32.2. The van der Waals surface area contributed by atoms with Crippen LogP contribution in [0.3, 0.4) is 0 Å². The van der Waals surface area contributed by atoms with Crippen LogP contribution in [0.15, 0.2) is 18.2 Å². The van der Waals surface area contributed by atoms with Crippen molar-refractivity contribution in [2.45, 2.75) is 0 Å². The highest BCUT2D eigenvalue weighted by Crippen LogP contribution is 2.23. The number of rotatable bonds is 6. The van der Waals surface area contributed by atoms with Gasteiger partial charge in [0.25, 0.3) is 11.4 Å². The first-order valence-corrected chi connectivity index (χ1v) is 6.70. The standard InChI is InChI=1S/C7H3N3O4.C4H9Cl2N/c8-4-5-1-2-6(9(11)12)3-7(5)10(13)14;5-1-3-7-4-2-6/h1-3H;7H,1-4H2. The molecule has 0 aliphatic heterocycles. The van der Waals surface area contributed by atoms with E-state index in [-0.39, 0.29) is 5.56 Å². The molecule has 0 bridgehead atoms. The Bertz CT molecular complexity index is 529. The summed E-state index contributed by atoms with van der Waals surface area (Å²) in [6.07, 6.45) is 0. The van der Waals surface area contributed by atoms with Gasteiger partial charge in [-0.05, 0) is 6.07 Å². The maximum atomic E-state index is 10.4. The second kappa shape index (κ2) is 10.8. The van der Waals surface area contributed by atoms with Crippen molar-refractivity contribution in [1.29, 1.82) is 5.26 Å². The molecule has 114 valence electrons. The van der Waals surface area contributed by atoms with Crippen molar-refractivity contribution >= 4 is 34.6 Å². The van der Waals surface area contributed by atoms with Gasteiger partial charge in [0, 0.05) is 30.9 Å². The lowest BCUT2D eigenvalue weighted by atomic mass is 10.2. The Morgan fingerprint density at radius 2 is 1.71 bits per heavy atom. The second-order valence-electron chi connectivity index (χ2n) is 3.46. The van der Waals surface area contributed by atoms with Crippen LogP contribution in [0.5, 0.6) is 0 Å². The molecule has 0 saturated carbocycles. The summed E-state index contributed by atoms with van der Waals surface area (Å²) in [5.41, 5.74) is -1.15. The maximum absolute atomic E-state index is 10.4. The van der Waals surface area contributed by atoms with Crippen LogP contribution in [0.4, 0.5) is 11.4 Å². The second-order valence-corrected chi connectivity index (χ2v) is 4.21. The number of nitro benzene ring substituents is 2. The first kappa shape index (κ1) is 19.1. The summed E-state index contributed by atoms with van der Waals surface area (Å²) >= 11 is 10.7. The maximum Gasteiger partial charge on any atom is 0.293 e. The average molecular weight is 335 g/mol. The van der Waals surface area contributed by atoms with E-state index in [1.165, 1.54) is 0 Å². The summed E-state index contributed by atoms with van der Waals surface area (Å²) in [7, 11) is 0. The monoisotopic (exact) mass is 334 g/mol. The summed E-state index contributed by atoms with van der Waals surface area (Å²) in [6, 6.07) is 4.44. The Kier molecular flexibility index (Phi) is 9.79. The van der Waals surface area contributed by atoms with E-state index in [2.05, 4.69) is 5.32 Å². The smallest absolute Gasteiger partial charge is 0.293 e. The van der Waals surface area contributed by atoms with Gasteiger partial charge in [0.15, 0.2) is 0 Å².